The molecule has 0 aliphatic carbocycles. The molecular formula is C21H17FN2O3S. The summed E-state index contributed by atoms with van der Waals surface area (Å²) in [5.41, 5.74) is 2.32. The fraction of sp³-hybridized carbons (Fsp3) is 0.0952. The van der Waals surface area contributed by atoms with Gasteiger partial charge in [-0.3, -0.25) is 4.90 Å². The molecule has 0 unspecified atom stereocenters. The van der Waals surface area contributed by atoms with E-state index in [9.17, 15) is 17.6 Å². The van der Waals surface area contributed by atoms with Gasteiger partial charge in [0.05, 0.1) is 17.9 Å². The van der Waals surface area contributed by atoms with Gasteiger partial charge in [-0.15, -0.1) is 0 Å². The lowest BCUT2D eigenvalue weighted by molar-refractivity contribution is 0.253. The van der Waals surface area contributed by atoms with E-state index in [1.165, 1.54) is 23.1 Å². The van der Waals surface area contributed by atoms with Crippen LogP contribution in [0.25, 0.3) is 0 Å². The predicted molar refractivity (Wildman–Crippen MR) is 105 cm³/mol. The maximum Gasteiger partial charge on any atom is 0.343 e. The number of aryl methyl sites for hydroxylation is 1. The fourth-order valence-corrected chi connectivity index (χ4v) is 4.84. The normalized spacial score (nSPS) is 15.4. The van der Waals surface area contributed by atoms with Crippen LogP contribution >= 0.6 is 0 Å². The lowest BCUT2D eigenvalue weighted by Gasteiger charge is -2.36. The van der Waals surface area contributed by atoms with Crippen LogP contribution in [-0.4, -0.2) is 14.4 Å². The molecule has 5 nitrogen and oxygen atoms in total. The van der Waals surface area contributed by atoms with Gasteiger partial charge in [-0.1, -0.05) is 36.4 Å². The van der Waals surface area contributed by atoms with E-state index in [0.29, 0.717) is 5.69 Å². The van der Waals surface area contributed by atoms with Gasteiger partial charge < -0.3 is 0 Å². The molecule has 0 spiro atoms. The topological polar surface area (TPSA) is 57.7 Å². The summed E-state index contributed by atoms with van der Waals surface area (Å²) in [6.45, 7) is 2.15. The van der Waals surface area contributed by atoms with Crippen LogP contribution < -0.4 is 9.21 Å². The van der Waals surface area contributed by atoms with Crippen molar-refractivity contribution >= 4 is 27.4 Å². The number of halogens is 1. The zero-order valence-electron chi connectivity index (χ0n) is 15.0. The SMILES string of the molecule is Cc1ccccc1CN1C(=O)N(c2ccc(F)cc2)S(=O)(=O)c2ccccc21. The molecule has 0 N–H and O–H groups in total. The summed E-state index contributed by atoms with van der Waals surface area (Å²) in [5, 5.41) is 0. The number of hydrogen-bond donors (Lipinski definition) is 0. The Balaban J connectivity index is 1.88. The van der Waals surface area contributed by atoms with Gasteiger partial charge in [-0.2, -0.15) is 4.31 Å². The van der Waals surface area contributed by atoms with Gasteiger partial charge in [-0.25, -0.2) is 17.6 Å². The number of sulfonamides is 1. The Labute approximate surface area is 162 Å². The lowest BCUT2D eigenvalue weighted by atomic mass is 10.1. The molecule has 3 aromatic rings. The minimum Gasteiger partial charge on any atom is -0.287 e. The van der Waals surface area contributed by atoms with Crippen molar-refractivity contribution in [2.45, 2.75) is 18.4 Å². The molecule has 0 saturated heterocycles. The Hall–Kier alpha value is -3.19. The molecule has 0 atom stereocenters. The first-order chi connectivity index (χ1) is 13.4. The van der Waals surface area contributed by atoms with Gasteiger partial charge in [0.15, 0.2) is 0 Å². The molecular weight excluding hydrogens is 379 g/mol. The van der Waals surface area contributed by atoms with Crippen molar-refractivity contribution in [2.75, 3.05) is 9.21 Å². The third kappa shape index (κ3) is 2.93. The number of nitrogens with zero attached hydrogens (tertiary/aromatic N) is 2. The van der Waals surface area contributed by atoms with Crippen LogP contribution in [0, 0.1) is 12.7 Å². The largest absolute Gasteiger partial charge is 0.343 e. The quantitative estimate of drug-likeness (QED) is 0.656. The number of urea groups is 1. The monoisotopic (exact) mass is 396 g/mol. The predicted octanol–water partition coefficient (Wildman–Crippen LogP) is 4.47. The van der Waals surface area contributed by atoms with Gasteiger partial charge >= 0.3 is 6.03 Å². The summed E-state index contributed by atoms with van der Waals surface area (Å²) < 4.78 is 40.4. The molecule has 0 aromatic heterocycles. The maximum atomic E-state index is 13.3. The molecule has 1 aliphatic heterocycles. The highest BCUT2D eigenvalue weighted by Gasteiger charge is 2.42. The Morgan fingerprint density at radius 3 is 2.25 bits per heavy atom. The molecule has 7 heteroatoms. The number of rotatable bonds is 3. The molecule has 1 heterocycles. The molecule has 142 valence electrons. The summed E-state index contributed by atoms with van der Waals surface area (Å²) >= 11 is 0. The number of carbonyl (C=O) groups is 1. The van der Waals surface area contributed by atoms with Crippen molar-refractivity contribution in [2.24, 2.45) is 0 Å². The third-order valence-corrected chi connectivity index (χ3v) is 6.48. The van der Waals surface area contributed by atoms with Crippen molar-refractivity contribution < 1.29 is 17.6 Å². The number of benzene rings is 3. The number of anilines is 2. The average Bonchev–Trinajstić information content (AvgIpc) is 2.68. The van der Waals surface area contributed by atoms with Gasteiger partial charge in [-0.05, 0) is 54.4 Å². The fourth-order valence-electron chi connectivity index (χ4n) is 3.25. The molecule has 0 bridgehead atoms. The summed E-state index contributed by atoms with van der Waals surface area (Å²) in [6, 6.07) is 18.1. The van der Waals surface area contributed by atoms with Crippen LogP contribution in [0.15, 0.2) is 77.7 Å². The van der Waals surface area contributed by atoms with Gasteiger partial charge in [0.1, 0.15) is 10.7 Å². The smallest absolute Gasteiger partial charge is 0.287 e. The number of fused-ring (bicyclic) bond motifs is 1. The van der Waals surface area contributed by atoms with Gasteiger partial charge in [0.2, 0.25) is 0 Å². The molecule has 1 aliphatic rings. The van der Waals surface area contributed by atoms with E-state index in [0.717, 1.165) is 27.6 Å². The molecule has 28 heavy (non-hydrogen) atoms. The minimum absolute atomic E-state index is 0.0347. The second kappa shape index (κ2) is 6.76. The maximum absolute atomic E-state index is 13.3. The molecule has 2 amide bonds. The van der Waals surface area contributed by atoms with Gasteiger partial charge in [0.25, 0.3) is 10.0 Å². The Morgan fingerprint density at radius 1 is 0.893 bits per heavy atom. The summed E-state index contributed by atoms with van der Waals surface area (Å²) in [6.07, 6.45) is 0. The van der Waals surface area contributed by atoms with Crippen LogP contribution in [0.1, 0.15) is 11.1 Å². The molecule has 4 rings (SSSR count). The van der Waals surface area contributed by atoms with Crippen molar-refractivity contribution in [3.8, 4) is 0 Å². The summed E-state index contributed by atoms with van der Waals surface area (Å²) in [4.78, 5) is 14.8. The highest BCUT2D eigenvalue weighted by atomic mass is 32.2. The molecule has 0 saturated carbocycles. The second-order valence-corrected chi connectivity index (χ2v) is 8.26. The van der Waals surface area contributed by atoms with Crippen molar-refractivity contribution in [1.82, 2.24) is 0 Å². The Kier molecular flexibility index (Phi) is 4.39. The molecule has 3 aromatic carbocycles. The van der Waals surface area contributed by atoms with E-state index < -0.39 is 21.9 Å². The zero-order chi connectivity index (χ0) is 19.9. The van der Waals surface area contributed by atoms with Crippen LogP contribution in [0.2, 0.25) is 0 Å². The van der Waals surface area contributed by atoms with E-state index >= 15 is 0 Å². The average molecular weight is 396 g/mol. The highest BCUT2D eigenvalue weighted by molar-refractivity contribution is 7.94. The van der Waals surface area contributed by atoms with Crippen LogP contribution in [-0.2, 0) is 16.6 Å². The van der Waals surface area contributed by atoms with E-state index in [-0.39, 0.29) is 17.1 Å². The number of carbonyl (C=O) groups excluding carboxylic acids is 1. The van der Waals surface area contributed by atoms with Crippen LogP contribution in [0.3, 0.4) is 0 Å². The molecule has 0 radical (unpaired) electrons. The second-order valence-electron chi connectivity index (χ2n) is 6.51. The first-order valence-electron chi connectivity index (χ1n) is 8.65. The van der Waals surface area contributed by atoms with E-state index in [2.05, 4.69) is 0 Å². The molecule has 0 fully saturated rings. The van der Waals surface area contributed by atoms with Gasteiger partial charge in [0, 0.05) is 0 Å². The lowest BCUT2D eigenvalue weighted by Crippen LogP contribution is -2.50. The third-order valence-electron chi connectivity index (χ3n) is 4.73. The van der Waals surface area contributed by atoms with Crippen molar-refractivity contribution in [3.63, 3.8) is 0 Å². The minimum atomic E-state index is -4.11. The number of hydrogen-bond acceptors (Lipinski definition) is 3. The van der Waals surface area contributed by atoms with Crippen LogP contribution in [0.5, 0.6) is 0 Å². The number of amides is 2. The van der Waals surface area contributed by atoms with Crippen molar-refractivity contribution in [1.29, 1.82) is 0 Å². The number of para-hydroxylation sites is 1. The van der Waals surface area contributed by atoms with E-state index in [4.69, 9.17) is 0 Å². The first-order valence-corrected chi connectivity index (χ1v) is 10.1. The van der Waals surface area contributed by atoms with E-state index in [1.54, 1.807) is 18.2 Å². The zero-order valence-corrected chi connectivity index (χ0v) is 15.9. The highest BCUT2D eigenvalue weighted by Crippen LogP contribution is 2.38. The summed E-state index contributed by atoms with van der Waals surface area (Å²) in [5.74, 6) is -0.511. The first kappa shape index (κ1) is 18.2. The standard InChI is InChI=1S/C21H17FN2O3S/c1-15-6-2-3-7-16(15)14-23-19-8-4-5-9-20(19)28(26,27)24(21(23)25)18-12-10-17(22)11-13-18/h2-13H,14H2,1H3. The Bertz CT molecular complexity index is 1160. The van der Waals surface area contributed by atoms with E-state index in [1.807, 2.05) is 31.2 Å². The summed E-state index contributed by atoms with van der Waals surface area (Å²) in [7, 11) is -4.11. The van der Waals surface area contributed by atoms with Crippen LogP contribution in [0.4, 0.5) is 20.6 Å². The van der Waals surface area contributed by atoms with Crippen molar-refractivity contribution in [3.05, 3.63) is 89.7 Å². The Morgan fingerprint density at radius 2 is 1.54 bits per heavy atom.